The van der Waals surface area contributed by atoms with Crippen LogP contribution in [-0.2, 0) is 9.53 Å². The van der Waals surface area contributed by atoms with E-state index >= 15 is 0 Å². The van der Waals surface area contributed by atoms with Crippen LogP contribution in [0.3, 0.4) is 0 Å². The second-order valence-corrected chi connectivity index (χ2v) is 6.45. The van der Waals surface area contributed by atoms with Crippen molar-refractivity contribution < 1.29 is 23.5 Å². The molecule has 0 aliphatic carbocycles. The van der Waals surface area contributed by atoms with E-state index in [9.17, 15) is 14.4 Å². The fourth-order valence-electron chi connectivity index (χ4n) is 2.56. The summed E-state index contributed by atoms with van der Waals surface area (Å²) >= 11 is 0. The van der Waals surface area contributed by atoms with Gasteiger partial charge in [-0.1, -0.05) is 12.1 Å². The number of ether oxygens (including phenoxy) is 1. The Balaban J connectivity index is 1.52. The molecular weight excluding hydrogens is 372 g/mol. The third kappa shape index (κ3) is 5.32. The van der Waals surface area contributed by atoms with Gasteiger partial charge in [0.1, 0.15) is 0 Å². The highest BCUT2D eigenvalue weighted by molar-refractivity contribution is 6.02. The van der Waals surface area contributed by atoms with Crippen LogP contribution < -0.4 is 10.6 Å². The molecule has 29 heavy (non-hydrogen) atoms. The fraction of sp³-hybridized carbons (Fsp3) is 0.136. The molecule has 0 atom stereocenters. The van der Waals surface area contributed by atoms with Gasteiger partial charge in [-0.25, -0.2) is 4.79 Å². The number of aryl methyl sites for hydroxylation is 2. The summed E-state index contributed by atoms with van der Waals surface area (Å²) in [5.74, 6) is -1.27. The van der Waals surface area contributed by atoms with Crippen LogP contribution in [0.5, 0.6) is 0 Å². The zero-order valence-corrected chi connectivity index (χ0v) is 16.0. The lowest BCUT2D eigenvalue weighted by Crippen LogP contribution is -2.21. The number of rotatable bonds is 6. The first kappa shape index (κ1) is 19.9. The van der Waals surface area contributed by atoms with Crippen LogP contribution in [0.25, 0.3) is 0 Å². The molecule has 2 amide bonds. The summed E-state index contributed by atoms with van der Waals surface area (Å²) in [4.78, 5) is 36.1. The van der Waals surface area contributed by atoms with Crippen LogP contribution in [0, 0.1) is 13.8 Å². The van der Waals surface area contributed by atoms with Gasteiger partial charge in [0.25, 0.3) is 11.8 Å². The second-order valence-electron chi connectivity index (χ2n) is 6.45. The zero-order chi connectivity index (χ0) is 20.8. The first-order chi connectivity index (χ1) is 13.9. The summed E-state index contributed by atoms with van der Waals surface area (Å²) in [6.07, 6.45) is 1.41. The Morgan fingerprint density at radius 3 is 2.41 bits per heavy atom. The molecule has 0 bridgehead atoms. The average molecular weight is 392 g/mol. The van der Waals surface area contributed by atoms with Gasteiger partial charge in [-0.3, -0.25) is 9.59 Å². The van der Waals surface area contributed by atoms with E-state index in [2.05, 4.69) is 10.6 Å². The van der Waals surface area contributed by atoms with Crippen LogP contribution in [0.4, 0.5) is 11.4 Å². The average Bonchev–Trinajstić information content (AvgIpc) is 3.24. The number of benzene rings is 2. The van der Waals surface area contributed by atoms with Crippen LogP contribution in [0.1, 0.15) is 32.0 Å². The number of hydrogen-bond donors (Lipinski definition) is 2. The maximum absolute atomic E-state index is 12.1. The van der Waals surface area contributed by atoms with E-state index < -0.39 is 24.4 Å². The molecule has 1 heterocycles. The number of carbonyl (C=O) groups excluding carboxylic acids is 3. The monoisotopic (exact) mass is 392 g/mol. The van der Waals surface area contributed by atoms with E-state index in [1.165, 1.54) is 18.4 Å². The van der Waals surface area contributed by atoms with Crippen molar-refractivity contribution in [1.82, 2.24) is 0 Å². The Morgan fingerprint density at radius 2 is 1.72 bits per heavy atom. The highest BCUT2D eigenvalue weighted by atomic mass is 16.5. The van der Waals surface area contributed by atoms with Gasteiger partial charge in [0.05, 0.1) is 11.8 Å². The Hall–Kier alpha value is -3.87. The van der Waals surface area contributed by atoms with Gasteiger partial charge in [0.2, 0.25) is 0 Å². The van der Waals surface area contributed by atoms with Crippen molar-refractivity contribution in [3.8, 4) is 0 Å². The lowest BCUT2D eigenvalue weighted by atomic mass is 10.1. The molecule has 0 radical (unpaired) electrons. The van der Waals surface area contributed by atoms with E-state index in [1.54, 1.807) is 24.3 Å². The van der Waals surface area contributed by atoms with E-state index in [1.807, 2.05) is 32.0 Å². The largest absolute Gasteiger partial charge is 0.459 e. The summed E-state index contributed by atoms with van der Waals surface area (Å²) in [6, 6.07) is 15.0. The van der Waals surface area contributed by atoms with Gasteiger partial charge in [0, 0.05) is 11.4 Å². The van der Waals surface area contributed by atoms with Crippen LogP contribution in [0.2, 0.25) is 0 Å². The maximum atomic E-state index is 12.1. The minimum absolute atomic E-state index is 0.184. The summed E-state index contributed by atoms with van der Waals surface area (Å²) in [5.41, 5.74) is 3.38. The van der Waals surface area contributed by atoms with E-state index in [4.69, 9.17) is 9.15 Å². The molecule has 3 rings (SSSR count). The van der Waals surface area contributed by atoms with Crippen LogP contribution in [0.15, 0.2) is 65.3 Å². The summed E-state index contributed by atoms with van der Waals surface area (Å²) in [5, 5.41) is 5.38. The van der Waals surface area contributed by atoms with Gasteiger partial charge in [-0.15, -0.1) is 0 Å². The third-order valence-electron chi connectivity index (χ3n) is 4.12. The molecule has 0 aliphatic rings. The van der Waals surface area contributed by atoms with Crippen LogP contribution >= 0.6 is 0 Å². The van der Waals surface area contributed by atoms with Crippen molar-refractivity contribution in [2.24, 2.45) is 0 Å². The Labute approximate surface area is 167 Å². The molecule has 0 spiro atoms. The first-order valence-electron chi connectivity index (χ1n) is 8.91. The van der Waals surface area contributed by atoms with Gasteiger partial charge in [-0.2, -0.15) is 0 Å². The predicted molar refractivity (Wildman–Crippen MR) is 108 cm³/mol. The van der Waals surface area contributed by atoms with Gasteiger partial charge in [-0.05, 0) is 67.4 Å². The number of esters is 1. The molecule has 0 saturated heterocycles. The molecule has 7 nitrogen and oxygen atoms in total. The molecule has 0 saturated carbocycles. The van der Waals surface area contributed by atoms with E-state index in [0.29, 0.717) is 11.4 Å². The summed E-state index contributed by atoms with van der Waals surface area (Å²) < 4.78 is 10.1. The fourth-order valence-corrected chi connectivity index (χ4v) is 2.56. The number of furan rings is 1. The lowest BCUT2D eigenvalue weighted by Gasteiger charge is -2.10. The molecule has 148 valence electrons. The Bertz CT molecular complexity index is 1020. The Morgan fingerprint density at radius 1 is 0.966 bits per heavy atom. The minimum Gasteiger partial charge on any atom is -0.459 e. The van der Waals surface area contributed by atoms with Crippen LogP contribution in [-0.4, -0.2) is 24.4 Å². The standard InChI is InChI=1S/C22H20N2O5/c1-14-5-6-15(2)18(12-14)24-20(25)13-29-22(27)16-7-9-17(10-8-16)23-21(26)19-4-3-11-28-19/h3-12H,13H2,1-2H3,(H,23,26)(H,24,25). The van der Waals surface area contributed by atoms with Crippen molar-refractivity contribution in [2.75, 3.05) is 17.2 Å². The number of amides is 2. The van der Waals surface area contributed by atoms with Crippen molar-refractivity contribution in [2.45, 2.75) is 13.8 Å². The van der Waals surface area contributed by atoms with Gasteiger partial charge < -0.3 is 19.8 Å². The molecule has 7 heteroatoms. The SMILES string of the molecule is Cc1ccc(C)c(NC(=O)COC(=O)c2ccc(NC(=O)c3ccco3)cc2)c1. The molecule has 2 N–H and O–H groups in total. The number of carbonyl (C=O) groups is 3. The molecule has 2 aromatic carbocycles. The minimum atomic E-state index is -0.634. The molecule has 0 unspecified atom stereocenters. The van der Waals surface area contributed by atoms with Gasteiger partial charge in [0.15, 0.2) is 12.4 Å². The highest BCUT2D eigenvalue weighted by Gasteiger charge is 2.13. The maximum Gasteiger partial charge on any atom is 0.338 e. The number of anilines is 2. The quantitative estimate of drug-likeness (QED) is 0.619. The normalized spacial score (nSPS) is 10.3. The predicted octanol–water partition coefficient (Wildman–Crippen LogP) is 3.94. The first-order valence-corrected chi connectivity index (χ1v) is 8.91. The van der Waals surface area contributed by atoms with Crippen molar-refractivity contribution in [3.63, 3.8) is 0 Å². The molecule has 1 aromatic heterocycles. The molecule has 0 fully saturated rings. The number of nitrogens with one attached hydrogen (secondary N) is 2. The van der Waals surface area contributed by atoms with Gasteiger partial charge >= 0.3 is 5.97 Å². The van der Waals surface area contributed by atoms with Crippen molar-refractivity contribution in [1.29, 1.82) is 0 Å². The summed E-state index contributed by atoms with van der Waals surface area (Å²) in [6.45, 7) is 3.41. The Kier molecular flexibility index (Phi) is 6.09. The number of hydrogen-bond acceptors (Lipinski definition) is 5. The lowest BCUT2D eigenvalue weighted by molar-refractivity contribution is -0.119. The molecular formula is C22H20N2O5. The highest BCUT2D eigenvalue weighted by Crippen LogP contribution is 2.16. The molecule has 0 aliphatic heterocycles. The topological polar surface area (TPSA) is 97.6 Å². The van der Waals surface area contributed by atoms with Crippen molar-refractivity contribution in [3.05, 3.63) is 83.3 Å². The smallest absolute Gasteiger partial charge is 0.338 e. The zero-order valence-electron chi connectivity index (χ0n) is 16.0. The molecule has 3 aromatic rings. The summed E-state index contributed by atoms with van der Waals surface area (Å²) in [7, 11) is 0. The second kappa shape index (κ2) is 8.88. The van der Waals surface area contributed by atoms with E-state index in [0.717, 1.165) is 11.1 Å². The van der Waals surface area contributed by atoms with E-state index in [-0.39, 0.29) is 11.3 Å². The van der Waals surface area contributed by atoms with Crippen molar-refractivity contribution >= 4 is 29.2 Å². The third-order valence-corrected chi connectivity index (χ3v) is 4.12.